The van der Waals surface area contributed by atoms with Gasteiger partial charge in [0.05, 0.1) is 13.2 Å². The Morgan fingerprint density at radius 2 is 1.86 bits per heavy atom. The standard InChI is InChI=1S/C23H27N3O2/c1-16-3-8-22-19(13-16)14-20(23(27)25-22)15-24-17(2)18-4-6-21(7-5-18)26-9-11-28-12-10-26/h3-8,13-14,17,24H,9-12,15H2,1-2H3,(H,25,27). The molecule has 1 aromatic heterocycles. The Labute approximate surface area is 165 Å². The fourth-order valence-electron chi connectivity index (χ4n) is 3.68. The molecule has 2 aromatic carbocycles. The van der Waals surface area contributed by atoms with Crippen LogP contribution in [-0.4, -0.2) is 31.3 Å². The second-order valence-electron chi connectivity index (χ2n) is 7.51. The lowest BCUT2D eigenvalue weighted by molar-refractivity contribution is 0.122. The van der Waals surface area contributed by atoms with Crippen LogP contribution in [0.1, 0.15) is 29.7 Å². The molecule has 1 saturated heterocycles. The number of rotatable bonds is 5. The average Bonchev–Trinajstić information content (AvgIpc) is 2.73. The van der Waals surface area contributed by atoms with Crippen molar-refractivity contribution in [3.63, 3.8) is 0 Å². The smallest absolute Gasteiger partial charge is 0.252 e. The highest BCUT2D eigenvalue weighted by atomic mass is 16.5. The molecule has 5 heteroatoms. The molecule has 146 valence electrons. The molecule has 1 atom stereocenters. The summed E-state index contributed by atoms with van der Waals surface area (Å²) < 4.78 is 5.42. The van der Waals surface area contributed by atoms with Crippen molar-refractivity contribution in [2.45, 2.75) is 26.4 Å². The van der Waals surface area contributed by atoms with Crippen LogP contribution in [0.4, 0.5) is 5.69 Å². The number of benzene rings is 2. The van der Waals surface area contributed by atoms with E-state index in [1.165, 1.54) is 16.8 Å². The van der Waals surface area contributed by atoms with Gasteiger partial charge >= 0.3 is 0 Å². The molecule has 5 nitrogen and oxygen atoms in total. The molecule has 0 aliphatic carbocycles. The predicted molar refractivity (Wildman–Crippen MR) is 114 cm³/mol. The molecule has 3 aromatic rings. The number of aromatic nitrogens is 1. The topological polar surface area (TPSA) is 57.4 Å². The number of nitrogens with one attached hydrogen (secondary N) is 2. The van der Waals surface area contributed by atoms with Crippen LogP contribution in [0.2, 0.25) is 0 Å². The van der Waals surface area contributed by atoms with E-state index in [0.717, 1.165) is 42.8 Å². The monoisotopic (exact) mass is 377 g/mol. The highest BCUT2D eigenvalue weighted by Gasteiger charge is 2.12. The number of aryl methyl sites for hydroxylation is 1. The number of pyridine rings is 1. The van der Waals surface area contributed by atoms with Gasteiger partial charge in [0.2, 0.25) is 0 Å². The van der Waals surface area contributed by atoms with Gasteiger partial charge in [0, 0.05) is 42.4 Å². The van der Waals surface area contributed by atoms with E-state index in [1.807, 2.05) is 18.2 Å². The van der Waals surface area contributed by atoms with E-state index in [1.54, 1.807) is 0 Å². The van der Waals surface area contributed by atoms with Gasteiger partial charge in [-0.1, -0.05) is 23.8 Å². The summed E-state index contributed by atoms with van der Waals surface area (Å²) in [6.45, 7) is 8.19. The van der Waals surface area contributed by atoms with Gasteiger partial charge in [0.15, 0.2) is 0 Å². The third kappa shape index (κ3) is 4.11. The van der Waals surface area contributed by atoms with Gasteiger partial charge in [-0.05, 0) is 55.1 Å². The molecule has 1 aliphatic heterocycles. The van der Waals surface area contributed by atoms with Gasteiger partial charge in [0.1, 0.15) is 0 Å². The van der Waals surface area contributed by atoms with E-state index in [2.05, 4.69) is 59.4 Å². The summed E-state index contributed by atoms with van der Waals surface area (Å²) in [5.41, 5.74) is 5.25. The molecule has 0 bridgehead atoms. The number of anilines is 1. The largest absolute Gasteiger partial charge is 0.378 e. The van der Waals surface area contributed by atoms with Crippen molar-refractivity contribution in [2.75, 3.05) is 31.2 Å². The molecule has 2 N–H and O–H groups in total. The van der Waals surface area contributed by atoms with Crippen molar-refractivity contribution >= 4 is 16.6 Å². The van der Waals surface area contributed by atoms with Crippen molar-refractivity contribution in [1.29, 1.82) is 0 Å². The lowest BCUT2D eigenvalue weighted by Crippen LogP contribution is -2.36. The molecule has 1 aliphatic rings. The summed E-state index contributed by atoms with van der Waals surface area (Å²) in [6, 6.07) is 16.9. The molecule has 0 spiro atoms. The minimum absolute atomic E-state index is 0.0290. The van der Waals surface area contributed by atoms with Gasteiger partial charge in [-0.15, -0.1) is 0 Å². The zero-order chi connectivity index (χ0) is 19.5. The fourth-order valence-corrected chi connectivity index (χ4v) is 3.68. The molecule has 1 fully saturated rings. The van der Waals surface area contributed by atoms with Gasteiger partial charge < -0.3 is 19.9 Å². The number of nitrogens with zero attached hydrogens (tertiary/aromatic N) is 1. The van der Waals surface area contributed by atoms with Crippen LogP contribution < -0.4 is 15.8 Å². The second kappa shape index (κ2) is 8.17. The first-order valence-corrected chi connectivity index (χ1v) is 9.89. The summed E-state index contributed by atoms with van der Waals surface area (Å²) in [5, 5.41) is 4.55. The van der Waals surface area contributed by atoms with Crippen LogP contribution in [0.15, 0.2) is 53.3 Å². The number of ether oxygens (including phenoxy) is 1. The molecule has 1 unspecified atom stereocenters. The molecule has 4 rings (SSSR count). The molecule has 0 radical (unpaired) electrons. The van der Waals surface area contributed by atoms with Crippen molar-refractivity contribution in [3.8, 4) is 0 Å². The van der Waals surface area contributed by atoms with Gasteiger partial charge in [-0.3, -0.25) is 4.79 Å². The van der Waals surface area contributed by atoms with E-state index >= 15 is 0 Å². The lowest BCUT2D eigenvalue weighted by Gasteiger charge is -2.29. The SMILES string of the molecule is Cc1ccc2[nH]c(=O)c(CNC(C)c3ccc(N4CCOCC4)cc3)cc2c1. The Balaban J connectivity index is 1.43. The molecule has 0 saturated carbocycles. The molecular formula is C23H27N3O2. The minimum atomic E-state index is -0.0290. The third-order valence-electron chi connectivity index (χ3n) is 5.44. The van der Waals surface area contributed by atoms with Crippen molar-refractivity contribution in [2.24, 2.45) is 0 Å². The van der Waals surface area contributed by atoms with Crippen molar-refractivity contribution in [1.82, 2.24) is 10.3 Å². The van der Waals surface area contributed by atoms with Crippen LogP contribution >= 0.6 is 0 Å². The zero-order valence-electron chi connectivity index (χ0n) is 16.5. The highest BCUT2D eigenvalue weighted by Crippen LogP contribution is 2.20. The number of morpholine rings is 1. The summed E-state index contributed by atoms with van der Waals surface area (Å²) >= 11 is 0. The van der Waals surface area contributed by atoms with Crippen LogP contribution in [0.25, 0.3) is 10.9 Å². The Morgan fingerprint density at radius 3 is 2.61 bits per heavy atom. The Morgan fingerprint density at radius 1 is 1.11 bits per heavy atom. The van der Waals surface area contributed by atoms with E-state index in [4.69, 9.17) is 4.74 Å². The number of aromatic amines is 1. The molecule has 0 amide bonds. The molecule has 28 heavy (non-hydrogen) atoms. The second-order valence-corrected chi connectivity index (χ2v) is 7.51. The lowest BCUT2D eigenvalue weighted by atomic mass is 10.1. The summed E-state index contributed by atoms with van der Waals surface area (Å²) in [4.78, 5) is 17.7. The quantitative estimate of drug-likeness (QED) is 0.714. The maximum atomic E-state index is 12.4. The first-order chi connectivity index (χ1) is 13.6. The Bertz CT molecular complexity index is 1000. The van der Waals surface area contributed by atoms with Gasteiger partial charge in [-0.2, -0.15) is 0 Å². The predicted octanol–water partition coefficient (Wildman–Crippen LogP) is 3.52. The Kier molecular flexibility index (Phi) is 5.46. The van der Waals surface area contributed by atoms with Crippen LogP contribution in [0, 0.1) is 6.92 Å². The van der Waals surface area contributed by atoms with Crippen LogP contribution in [0.3, 0.4) is 0 Å². The third-order valence-corrected chi connectivity index (χ3v) is 5.44. The molecule has 2 heterocycles. The van der Waals surface area contributed by atoms with Crippen LogP contribution in [-0.2, 0) is 11.3 Å². The minimum Gasteiger partial charge on any atom is -0.378 e. The zero-order valence-corrected chi connectivity index (χ0v) is 16.5. The van der Waals surface area contributed by atoms with Crippen LogP contribution in [0.5, 0.6) is 0 Å². The molecular weight excluding hydrogens is 350 g/mol. The number of H-pyrrole nitrogens is 1. The van der Waals surface area contributed by atoms with E-state index in [-0.39, 0.29) is 11.6 Å². The normalized spacial score (nSPS) is 15.7. The Hall–Kier alpha value is -2.63. The first kappa shape index (κ1) is 18.7. The van der Waals surface area contributed by atoms with Crippen molar-refractivity contribution < 1.29 is 4.74 Å². The summed E-state index contributed by atoms with van der Waals surface area (Å²) in [6.07, 6.45) is 0. The maximum absolute atomic E-state index is 12.4. The first-order valence-electron chi connectivity index (χ1n) is 9.89. The fraction of sp³-hybridized carbons (Fsp3) is 0.348. The van der Waals surface area contributed by atoms with Gasteiger partial charge in [0.25, 0.3) is 5.56 Å². The highest BCUT2D eigenvalue weighted by molar-refractivity contribution is 5.79. The van der Waals surface area contributed by atoms with E-state index in [9.17, 15) is 4.79 Å². The summed E-state index contributed by atoms with van der Waals surface area (Å²) in [5.74, 6) is 0. The van der Waals surface area contributed by atoms with Gasteiger partial charge in [-0.25, -0.2) is 0 Å². The van der Waals surface area contributed by atoms with E-state index in [0.29, 0.717) is 6.54 Å². The number of hydrogen-bond acceptors (Lipinski definition) is 4. The van der Waals surface area contributed by atoms with Crippen molar-refractivity contribution in [3.05, 3.63) is 75.6 Å². The number of fused-ring (bicyclic) bond motifs is 1. The number of hydrogen-bond donors (Lipinski definition) is 2. The summed E-state index contributed by atoms with van der Waals surface area (Å²) in [7, 11) is 0. The average molecular weight is 377 g/mol. The maximum Gasteiger partial charge on any atom is 0.252 e. The van der Waals surface area contributed by atoms with E-state index < -0.39 is 0 Å².